The van der Waals surface area contributed by atoms with Crippen molar-refractivity contribution in [3.8, 4) is 10.8 Å². The molecule has 0 aromatic carbocycles. The molecule has 0 fully saturated rings. The van der Waals surface area contributed by atoms with Gasteiger partial charge in [-0.3, -0.25) is 4.79 Å². The molecule has 7 nitrogen and oxygen atoms in total. The highest BCUT2D eigenvalue weighted by Crippen LogP contribution is 2.36. The molecule has 0 N–H and O–H groups in total. The first-order valence-corrected chi connectivity index (χ1v) is 11.5. The summed E-state index contributed by atoms with van der Waals surface area (Å²) in [6, 6.07) is 11.4. The molecule has 29 heavy (non-hydrogen) atoms. The van der Waals surface area contributed by atoms with Gasteiger partial charge in [0.15, 0.2) is 0 Å². The summed E-state index contributed by atoms with van der Waals surface area (Å²) in [5.74, 6) is 1.19. The zero-order valence-corrected chi connectivity index (χ0v) is 17.4. The Labute approximate surface area is 178 Å². The number of rotatable bonds is 6. The number of hydrogen-bond acceptors (Lipinski definition) is 9. The maximum Gasteiger partial charge on any atom is 0.277 e. The van der Waals surface area contributed by atoms with Crippen LogP contribution >= 0.6 is 34.4 Å². The van der Waals surface area contributed by atoms with E-state index in [4.69, 9.17) is 8.83 Å². The van der Waals surface area contributed by atoms with Gasteiger partial charge in [0.25, 0.3) is 17.0 Å². The van der Waals surface area contributed by atoms with Gasteiger partial charge in [0.1, 0.15) is 11.5 Å². The van der Waals surface area contributed by atoms with Crippen molar-refractivity contribution in [2.45, 2.75) is 17.7 Å². The van der Waals surface area contributed by atoms with Crippen LogP contribution in [0.5, 0.6) is 0 Å². The van der Waals surface area contributed by atoms with Crippen LogP contribution in [-0.2, 0) is 4.79 Å². The maximum absolute atomic E-state index is 13.0. The Bertz CT molecular complexity index is 1120. The molecule has 1 atom stereocenters. The predicted octanol–water partition coefficient (Wildman–Crippen LogP) is 4.92. The van der Waals surface area contributed by atoms with Crippen LogP contribution in [0.3, 0.4) is 0 Å². The number of amides is 1. The Kier molecular flexibility index (Phi) is 5.04. The molecule has 1 aliphatic rings. The summed E-state index contributed by atoms with van der Waals surface area (Å²) < 4.78 is 11.1. The zero-order chi connectivity index (χ0) is 19.6. The first-order chi connectivity index (χ1) is 14.3. The normalized spacial score (nSPS) is 16.3. The smallest absolute Gasteiger partial charge is 0.277 e. The first kappa shape index (κ1) is 18.3. The third-order valence-electron chi connectivity index (χ3n) is 4.30. The fraction of sp³-hybridized carbons (Fsp3) is 0.158. The van der Waals surface area contributed by atoms with Gasteiger partial charge in [0.05, 0.1) is 22.9 Å². The van der Waals surface area contributed by atoms with Crippen molar-refractivity contribution in [1.82, 2.24) is 15.2 Å². The Hall–Kier alpha value is -2.69. The summed E-state index contributed by atoms with van der Waals surface area (Å²) in [6.45, 7) is 0. The van der Waals surface area contributed by atoms with Gasteiger partial charge < -0.3 is 8.83 Å². The monoisotopic (exact) mass is 442 g/mol. The Morgan fingerprint density at radius 3 is 2.83 bits per heavy atom. The molecule has 5 heterocycles. The van der Waals surface area contributed by atoms with Crippen molar-refractivity contribution in [3.05, 3.63) is 64.1 Å². The number of hydrazone groups is 1. The number of aromatic nitrogens is 2. The third kappa shape index (κ3) is 3.78. The molecule has 0 saturated carbocycles. The van der Waals surface area contributed by atoms with E-state index in [9.17, 15) is 4.79 Å². The van der Waals surface area contributed by atoms with Crippen molar-refractivity contribution in [2.24, 2.45) is 5.10 Å². The number of carbonyl (C=O) groups excluding carboxylic acids is 1. The van der Waals surface area contributed by atoms with Crippen LogP contribution in [0, 0.1) is 0 Å². The van der Waals surface area contributed by atoms with E-state index < -0.39 is 0 Å². The largest absolute Gasteiger partial charge is 0.463 e. The highest BCUT2D eigenvalue weighted by atomic mass is 32.2. The highest BCUT2D eigenvalue weighted by Gasteiger charge is 2.34. The van der Waals surface area contributed by atoms with Gasteiger partial charge in [-0.1, -0.05) is 23.9 Å². The summed E-state index contributed by atoms with van der Waals surface area (Å²) in [5, 5.41) is 18.5. The van der Waals surface area contributed by atoms with Gasteiger partial charge in [-0.2, -0.15) is 5.10 Å². The van der Waals surface area contributed by atoms with E-state index in [0.717, 1.165) is 15.5 Å². The van der Waals surface area contributed by atoms with Gasteiger partial charge in [-0.05, 0) is 35.0 Å². The van der Waals surface area contributed by atoms with E-state index in [1.807, 2.05) is 47.2 Å². The van der Waals surface area contributed by atoms with Crippen LogP contribution in [0.25, 0.3) is 10.8 Å². The summed E-state index contributed by atoms with van der Waals surface area (Å²) in [5.41, 5.74) is 0.768. The quantitative estimate of drug-likeness (QED) is 0.394. The SMILES string of the molecule is O=C(CSc1nnc(-c2cccs2)o1)N1N=C(c2ccco2)C[C@H]1c1cccs1. The molecule has 0 radical (unpaired) electrons. The standard InChI is InChI=1S/C19H14N4O3S3/c24-17(11-29-19-21-20-18(26-19)16-6-3-9-28-16)23-13(15-5-2-8-27-15)10-12(22-23)14-4-1-7-25-14/h1-9,13H,10-11H2/t13-/m0/s1. The molecule has 0 spiro atoms. The molecule has 4 aromatic rings. The number of thiophene rings is 2. The van der Waals surface area contributed by atoms with E-state index >= 15 is 0 Å². The minimum absolute atomic E-state index is 0.120. The second-order valence-corrected chi connectivity index (χ2v) is 8.99. The predicted molar refractivity (Wildman–Crippen MR) is 112 cm³/mol. The summed E-state index contributed by atoms with van der Waals surface area (Å²) in [4.78, 5) is 15.0. The molecule has 10 heteroatoms. The van der Waals surface area contributed by atoms with Crippen LogP contribution < -0.4 is 0 Å². The van der Waals surface area contributed by atoms with Crippen molar-refractivity contribution < 1.29 is 13.6 Å². The molecule has 0 aliphatic carbocycles. The van der Waals surface area contributed by atoms with E-state index in [1.54, 1.807) is 22.6 Å². The van der Waals surface area contributed by atoms with Crippen LogP contribution in [0.4, 0.5) is 0 Å². The van der Waals surface area contributed by atoms with E-state index in [-0.39, 0.29) is 17.7 Å². The molecule has 5 rings (SSSR count). The lowest BCUT2D eigenvalue weighted by Crippen LogP contribution is -2.28. The lowest BCUT2D eigenvalue weighted by molar-refractivity contribution is -0.130. The number of hydrogen-bond donors (Lipinski definition) is 0. The number of thioether (sulfide) groups is 1. The molecule has 0 bridgehead atoms. The Morgan fingerprint density at radius 1 is 1.17 bits per heavy atom. The van der Waals surface area contributed by atoms with Crippen LogP contribution in [0.15, 0.2) is 72.6 Å². The average Bonchev–Trinajstić information content (AvgIpc) is 3.56. The molecule has 1 amide bonds. The van der Waals surface area contributed by atoms with Gasteiger partial charge in [0.2, 0.25) is 0 Å². The van der Waals surface area contributed by atoms with Gasteiger partial charge in [-0.25, -0.2) is 5.01 Å². The van der Waals surface area contributed by atoms with Gasteiger partial charge >= 0.3 is 0 Å². The molecule has 0 saturated heterocycles. The molecule has 4 aromatic heterocycles. The fourth-order valence-corrected chi connectivity index (χ4v) is 5.06. The van der Waals surface area contributed by atoms with Gasteiger partial charge in [0, 0.05) is 11.3 Å². The van der Waals surface area contributed by atoms with Gasteiger partial charge in [-0.15, -0.1) is 32.9 Å². The van der Waals surface area contributed by atoms with E-state index in [1.165, 1.54) is 23.1 Å². The van der Waals surface area contributed by atoms with Crippen molar-refractivity contribution in [3.63, 3.8) is 0 Å². The number of furan rings is 1. The minimum atomic E-state index is -0.132. The molecule has 0 unspecified atom stereocenters. The maximum atomic E-state index is 13.0. The lowest BCUT2D eigenvalue weighted by atomic mass is 10.1. The Morgan fingerprint density at radius 2 is 2.07 bits per heavy atom. The first-order valence-electron chi connectivity index (χ1n) is 8.75. The summed E-state index contributed by atoms with van der Waals surface area (Å²) in [7, 11) is 0. The topological polar surface area (TPSA) is 84.7 Å². The lowest BCUT2D eigenvalue weighted by Gasteiger charge is -2.20. The number of nitrogens with zero attached hydrogens (tertiary/aromatic N) is 4. The highest BCUT2D eigenvalue weighted by molar-refractivity contribution is 7.99. The molecule has 146 valence electrons. The minimum Gasteiger partial charge on any atom is -0.463 e. The molecular formula is C19H14N4O3S3. The van der Waals surface area contributed by atoms with Crippen molar-refractivity contribution in [2.75, 3.05) is 5.75 Å². The molecular weight excluding hydrogens is 428 g/mol. The third-order valence-corrected chi connectivity index (χ3v) is 6.94. The van der Waals surface area contributed by atoms with Crippen molar-refractivity contribution in [1.29, 1.82) is 0 Å². The summed E-state index contributed by atoms with van der Waals surface area (Å²) >= 11 is 4.35. The van der Waals surface area contributed by atoms with E-state index in [0.29, 0.717) is 23.3 Å². The Balaban J connectivity index is 1.31. The fourth-order valence-electron chi connectivity index (χ4n) is 2.99. The van der Waals surface area contributed by atoms with Crippen LogP contribution in [-0.4, -0.2) is 32.6 Å². The zero-order valence-electron chi connectivity index (χ0n) is 14.9. The molecule has 1 aliphatic heterocycles. The van der Waals surface area contributed by atoms with Crippen molar-refractivity contribution >= 4 is 46.1 Å². The van der Waals surface area contributed by atoms with Crippen LogP contribution in [0.2, 0.25) is 0 Å². The second-order valence-electron chi connectivity index (χ2n) is 6.14. The second kappa shape index (κ2) is 7.97. The van der Waals surface area contributed by atoms with Crippen LogP contribution in [0.1, 0.15) is 23.1 Å². The average molecular weight is 443 g/mol. The summed E-state index contributed by atoms with van der Waals surface area (Å²) in [6.07, 6.45) is 2.23. The number of carbonyl (C=O) groups is 1. The van der Waals surface area contributed by atoms with E-state index in [2.05, 4.69) is 15.3 Å².